The first-order valence-corrected chi connectivity index (χ1v) is 7.87. The Balaban J connectivity index is 1.89. The molecule has 0 spiro atoms. The van der Waals surface area contributed by atoms with E-state index in [9.17, 15) is 8.78 Å². The largest absolute Gasteiger partial charge is 0.337 e. The predicted octanol–water partition coefficient (Wildman–Crippen LogP) is 5.92. The summed E-state index contributed by atoms with van der Waals surface area (Å²) in [7, 11) is 0. The van der Waals surface area contributed by atoms with Crippen LogP contribution in [0.2, 0.25) is 0 Å². The van der Waals surface area contributed by atoms with E-state index < -0.39 is 0 Å². The van der Waals surface area contributed by atoms with Crippen LogP contribution in [0.15, 0.2) is 79.0 Å². The Bertz CT molecular complexity index is 1050. The third-order valence-corrected chi connectivity index (χ3v) is 4.06. The van der Waals surface area contributed by atoms with Crippen molar-refractivity contribution in [3.8, 4) is 11.1 Å². The maximum Gasteiger partial charge on any atom is 0.146 e. The lowest BCUT2D eigenvalue weighted by Gasteiger charge is -2.13. The van der Waals surface area contributed by atoms with Crippen LogP contribution in [0.4, 0.5) is 20.3 Å². The third kappa shape index (κ3) is 2.94. The molecule has 3 aromatic carbocycles. The summed E-state index contributed by atoms with van der Waals surface area (Å²) >= 11 is 0. The minimum Gasteiger partial charge on any atom is -0.337 e. The number of anilines is 2. The molecule has 0 fully saturated rings. The maximum absolute atomic E-state index is 13.9. The molecule has 2 nitrogen and oxygen atoms in total. The number of pyridine rings is 1. The fraction of sp³-hybridized carbons (Fsp3) is 0. The molecule has 0 bridgehead atoms. The SMILES string of the molecule is Fc1ccc2c(-c3ccccc3)cnc(Nc3ccccc3F)c2c1. The molecule has 4 rings (SSSR count). The van der Waals surface area contributed by atoms with Gasteiger partial charge in [0.1, 0.15) is 17.5 Å². The highest BCUT2D eigenvalue weighted by molar-refractivity contribution is 6.02. The Morgan fingerprint density at radius 1 is 0.760 bits per heavy atom. The van der Waals surface area contributed by atoms with Crippen LogP contribution in [0.5, 0.6) is 0 Å². The molecule has 0 atom stereocenters. The monoisotopic (exact) mass is 332 g/mol. The molecule has 25 heavy (non-hydrogen) atoms. The number of rotatable bonds is 3. The fourth-order valence-corrected chi connectivity index (χ4v) is 2.85. The molecule has 0 unspecified atom stereocenters. The summed E-state index contributed by atoms with van der Waals surface area (Å²) in [5, 5.41) is 4.42. The average molecular weight is 332 g/mol. The number of halogens is 2. The van der Waals surface area contributed by atoms with E-state index in [2.05, 4.69) is 10.3 Å². The molecular weight excluding hydrogens is 318 g/mol. The van der Waals surface area contributed by atoms with Gasteiger partial charge < -0.3 is 5.32 Å². The number of para-hydroxylation sites is 1. The lowest BCUT2D eigenvalue weighted by atomic mass is 10.0. The van der Waals surface area contributed by atoms with Crippen molar-refractivity contribution in [1.82, 2.24) is 4.98 Å². The van der Waals surface area contributed by atoms with Crippen molar-refractivity contribution in [2.24, 2.45) is 0 Å². The standard InChI is InChI=1S/C21H14F2N2/c22-15-10-11-16-17(12-15)21(25-20-9-5-4-8-19(20)23)24-13-18(16)14-6-2-1-3-7-14/h1-13H,(H,24,25). The molecular formula is C21H14F2N2. The van der Waals surface area contributed by atoms with Gasteiger partial charge in [0, 0.05) is 17.1 Å². The van der Waals surface area contributed by atoms with Crippen molar-refractivity contribution < 1.29 is 8.78 Å². The van der Waals surface area contributed by atoms with Crippen LogP contribution in [0.1, 0.15) is 0 Å². The van der Waals surface area contributed by atoms with Crippen LogP contribution >= 0.6 is 0 Å². The molecule has 0 amide bonds. The molecule has 122 valence electrons. The molecule has 4 aromatic rings. The number of aromatic nitrogens is 1. The van der Waals surface area contributed by atoms with E-state index in [4.69, 9.17) is 0 Å². The van der Waals surface area contributed by atoms with Gasteiger partial charge in [0.2, 0.25) is 0 Å². The Morgan fingerprint density at radius 2 is 1.52 bits per heavy atom. The van der Waals surface area contributed by atoms with E-state index in [0.717, 1.165) is 16.5 Å². The Kier molecular flexibility index (Phi) is 3.86. The second-order valence-corrected chi connectivity index (χ2v) is 5.68. The van der Waals surface area contributed by atoms with Crippen LogP contribution in [-0.2, 0) is 0 Å². The summed E-state index contributed by atoms with van der Waals surface area (Å²) in [4.78, 5) is 4.42. The number of fused-ring (bicyclic) bond motifs is 1. The highest BCUT2D eigenvalue weighted by Crippen LogP contribution is 2.33. The zero-order valence-corrected chi connectivity index (χ0v) is 13.2. The van der Waals surface area contributed by atoms with E-state index in [1.807, 2.05) is 30.3 Å². The molecule has 4 heteroatoms. The van der Waals surface area contributed by atoms with Crippen molar-refractivity contribution in [3.05, 3.63) is 90.6 Å². The lowest BCUT2D eigenvalue weighted by molar-refractivity contribution is 0.629. The van der Waals surface area contributed by atoms with Gasteiger partial charge in [-0.3, -0.25) is 0 Å². The number of nitrogens with one attached hydrogen (secondary N) is 1. The van der Waals surface area contributed by atoms with Gasteiger partial charge in [-0.05, 0) is 35.2 Å². The number of hydrogen-bond donors (Lipinski definition) is 1. The van der Waals surface area contributed by atoms with Gasteiger partial charge in [-0.1, -0.05) is 48.5 Å². The molecule has 0 saturated carbocycles. The first-order chi connectivity index (χ1) is 12.2. The van der Waals surface area contributed by atoms with E-state index in [1.165, 1.54) is 18.2 Å². The van der Waals surface area contributed by atoms with Crippen molar-refractivity contribution in [3.63, 3.8) is 0 Å². The molecule has 0 radical (unpaired) electrons. The first-order valence-electron chi connectivity index (χ1n) is 7.87. The Hall–Kier alpha value is -3.27. The van der Waals surface area contributed by atoms with Gasteiger partial charge in [-0.15, -0.1) is 0 Å². The second kappa shape index (κ2) is 6.32. The van der Waals surface area contributed by atoms with Crippen molar-refractivity contribution in [2.45, 2.75) is 0 Å². The van der Waals surface area contributed by atoms with E-state index in [-0.39, 0.29) is 11.6 Å². The van der Waals surface area contributed by atoms with Crippen LogP contribution < -0.4 is 5.32 Å². The third-order valence-electron chi connectivity index (χ3n) is 4.06. The quantitative estimate of drug-likeness (QED) is 0.503. The lowest BCUT2D eigenvalue weighted by Crippen LogP contribution is -1.98. The van der Waals surface area contributed by atoms with Gasteiger partial charge in [0.25, 0.3) is 0 Å². The number of hydrogen-bond acceptors (Lipinski definition) is 2. The summed E-state index contributed by atoms with van der Waals surface area (Å²) in [5.74, 6) is -0.337. The first kappa shape index (κ1) is 15.3. The van der Waals surface area contributed by atoms with Crippen molar-refractivity contribution in [2.75, 3.05) is 5.32 Å². The van der Waals surface area contributed by atoms with Gasteiger partial charge >= 0.3 is 0 Å². The molecule has 0 saturated heterocycles. The maximum atomic E-state index is 13.9. The number of nitrogens with zero attached hydrogens (tertiary/aromatic N) is 1. The Labute approximate surface area is 143 Å². The van der Waals surface area contributed by atoms with Crippen molar-refractivity contribution >= 4 is 22.3 Å². The molecule has 0 aliphatic rings. The van der Waals surface area contributed by atoms with Gasteiger partial charge in [0.15, 0.2) is 0 Å². The predicted molar refractivity (Wildman–Crippen MR) is 96.8 cm³/mol. The smallest absolute Gasteiger partial charge is 0.146 e. The average Bonchev–Trinajstić information content (AvgIpc) is 2.64. The summed E-state index contributed by atoms with van der Waals surface area (Å²) in [6.07, 6.45) is 1.72. The van der Waals surface area contributed by atoms with Crippen LogP contribution in [0.3, 0.4) is 0 Å². The minimum absolute atomic E-state index is 0.299. The van der Waals surface area contributed by atoms with Crippen LogP contribution in [0, 0.1) is 11.6 Å². The zero-order chi connectivity index (χ0) is 17.2. The van der Waals surface area contributed by atoms with Crippen molar-refractivity contribution in [1.29, 1.82) is 0 Å². The molecule has 0 aliphatic carbocycles. The Morgan fingerprint density at radius 3 is 2.32 bits per heavy atom. The second-order valence-electron chi connectivity index (χ2n) is 5.68. The fourth-order valence-electron chi connectivity index (χ4n) is 2.85. The summed E-state index contributed by atoms with van der Waals surface area (Å²) < 4.78 is 27.8. The van der Waals surface area contributed by atoms with E-state index in [1.54, 1.807) is 30.5 Å². The highest BCUT2D eigenvalue weighted by Gasteiger charge is 2.11. The van der Waals surface area contributed by atoms with Gasteiger partial charge in [0.05, 0.1) is 5.69 Å². The van der Waals surface area contributed by atoms with Gasteiger partial charge in [-0.25, -0.2) is 13.8 Å². The van der Waals surface area contributed by atoms with Crippen LogP contribution in [-0.4, -0.2) is 4.98 Å². The summed E-state index contributed by atoms with van der Waals surface area (Å²) in [5.41, 5.74) is 2.19. The molecule has 1 aromatic heterocycles. The van der Waals surface area contributed by atoms with Crippen LogP contribution in [0.25, 0.3) is 21.9 Å². The highest BCUT2D eigenvalue weighted by atomic mass is 19.1. The summed E-state index contributed by atoms with van der Waals surface area (Å²) in [6, 6.07) is 20.7. The summed E-state index contributed by atoms with van der Waals surface area (Å²) in [6.45, 7) is 0. The topological polar surface area (TPSA) is 24.9 Å². The molecule has 0 aliphatic heterocycles. The molecule has 1 N–H and O–H groups in total. The normalized spacial score (nSPS) is 10.8. The van der Waals surface area contributed by atoms with Gasteiger partial charge in [-0.2, -0.15) is 0 Å². The van der Waals surface area contributed by atoms with E-state index in [0.29, 0.717) is 16.9 Å². The van der Waals surface area contributed by atoms with E-state index >= 15 is 0 Å². The number of benzene rings is 3. The minimum atomic E-state index is -0.388. The zero-order valence-electron chi connectivity index (χ0n) is 13.2. The molecule has 1 heterocycles.